The number of hydrogen-bond acceptors (Lipinski definition) is 4. The smallest absolute Gasteiger partial charge is 0.340 e. The molecule has 4 nitrogen and oxygen atoms in total. The summed E-state index contributed by atoms with van der Waals surface area (Å²) in [7, 11) is 0. The summed E-state index contributed by atoms with van der Waals surface area (Å²) in [5.41, 5.74) is 0. The molecule has 0 amide bonds. The maximum Gasteiger partial charge on any atom is 0.340 e. The van der Waals surface area contributed by atoms with Gasteiger partial charge in [-0.3, -0.25) is 0 Å². The fourth-order valence-electron chi connectivity index (χ4n) is 1.96. The van der Waals surface area contributed by atoms with Crippen molar-refractivity contribution in [2.24, 2.45) is 0 Å². The van der Waals surface area contributed by atoms with Gasteiger partial charge in [-0.05, 0) is 73.0 Å². The second-order valence-corrected chi connectivity index (χ2v) is 6.08. The van der Waals surface area contributed by atoms with Crippen molar-refractivity contribution in [3.8, 4) is 5.75 Å². The third kappa shape index (κ3) is 5.03. The predicted molar refractivity (Wildman–Crippen MR) is 83.8 cm³/mol. The molecule has 2 rings (SSSR count). The third-order valence-electron chi connectivity index (χ3n) is 3.17. The van der Waals surface area contributed by atoms with Crippen LogP contribution in [0, 0.1) is 3.57 Å². The monoisotopic (exact) mass is 390 g/mol. The zero-order valence-corrected chi connectivity index (χ0v) is 13.7. The summed E-state index contributed by atoms with van der Waals surface area (Å²) in [6.07, 6.45) is 2.80. The Bertz CT molecular complexity index is 426. The first-order valence-corrected chi connectivity index (χ1v) is 7.93. The lowest BCUT2D eigenvalue weighted by Gasteiger charge is -2.23. The minimum atomic E-state index is -0.584. The number of ether oxygens (including phenoxy) is 3. The van der Waals surface area contributed by atoms with Crippen LogP contribution in [0.2, 0.25) is 0 Å². The Balaban J connectivity index is 1.75. The van der Waals surface area contributed by atoms with Crippen LogP contribution in [0.4, 0.5) is 0 Å². The van der Waals surface area contributed by atoms with Crippen LogP contribution in [-0.4, -0.2) is 31.4 Å². The van der Waals surface area contributed by atoms with Crippen LogP contribution in [-0.2, 0) is 14.3 Å². The van der Waals surface area contributed by atoms with E-state index in [-0.39, 0.29) is 12.1 Å². The van der Waals surface area contributed by atoms with Gasteiger partial charge in [-0.2, -0.15) is 0 Å². The highest BCUT2D eigenvalue weighted by Gasteiger charge is 2.20. The van der Waals surface area contributed by atoms with E-state index in [0.717, 1.165) is 29.4 Å². The lowest BCUT2D eigenvalue weighted by atomic mass is 10.1. The van der Waals surface area contributed by atoms with Gasteiger partial charge in [0.25, 0.3) is 0 Å². The molecule has 0 spiro atoms. The van der Waals surface area contributed by atoms with Gasteiger partial charge in [-0.1, -0.05) is 0 Å². The highest BCUT2D eigenvalue weighted by Crippen LogP contribution is 2.16. The molecule has 110 valence electrons. The number of halogens is 1. The van der Waals surface area contributed by atoms with Crippen molar-refractivity contribution in [2.75, 3.05) is 13.2 Å². The summed E-state index contributed by atoms with van der Waals surface area (Å²) in [6.45, 7) is 2.94. The van der Waals surface area contributed by atoms with Gasteiger partial charge in [-0.15, -0.1) is 0 Å². The lowest BCUT2D eigenvalue weighted by molar-refractivity contribution is -0.149. The predicted octanol–water partition coefficient (Wildman–Crippen LogP) is 3.17. The maximum absolute atomic E-state index is 11.9. The number of hydrogen-bond donors (Lipinski definition) is 0. The second kappa shape index (κ2) is 7.95. The van der Waals surface area contributed by atoms with E-state index in [9.17, 15) is 4.79 Å². The first kappa shape index (κ1) is 15.7. The fraction of sp³-hybridized carbons (Fsp3) is 0.533. The number of rotatable bonds is 5. The number of benzene rings is 1. The largest absolute Gasteiger partial charge is 0.425 e. The van der Waals surface area contributed by atoms with Crippen molar-refractivity contribution >= 4 is 28.6 Å². The van der Waals surface area contributed by atoms with Crippen LogP contribution < -0.4 is 4.74 Å². The van der Waals surface area contributed by atoms with E-state index in [1.807, 2.05) is 12.1 Å². The normalized spacial score (nSPS) is 20.4. The molecule has 0 radical (unpaired) electrons. The summed E-state index contributed by atoms with van der Waals surface area (Å²) < 4.78 is 17.5. The molecule has 1 aromatic rings. The molecule has 0 bridgehead atoms. The van der Waals surface area contributed by atoms with E-state index in [1.54, 1.807) is 19.1 Å². The Morgan fingerprint density at radius 2 is 2.15 bits per heavy atom. The number of carbonyl (C=O) groups excluding carboxylic acids is 1. The Morgan fingerprint density at radius 1 is 1.40 bits per heavy atom. The summed E-state index contributed by atoms with van der Waals surface area (Å²) in [4.78, 5) is 11.9. The average molecular weight is 390 g/mol. The minimum absolute atomic E-state index is 0.109. The van der Waals surface area contributed by atoms with E-state index < -0.39 is 6.10 Å². The SMILES string of the molecule is CC(OCC1CCCCO1)C(=O)Oc1ccc(I)cc1. The van der Waals surface area contributed by atoms with Crippen LogP contribution in [0.3, 0.4) is 0 Å². The van der Waals surface area contributed by atoms with Crippen molar-refractivity contribution < 1.29 is 19.0 Å². The Kier molecular flexibility index (Phi) is 6.25. The van der Waals surface area contributed by atoms with Crippen molar-refractivity contribution in [3.05, 3.63) is 27.8 Å². The van der Waals surface area contributed by atoms with Gasteiger partial charge < -0.3 is 14.2 Å². The molecule has 1 aliphatic rings. The molecule has 20 heavy (non-hydrogen) atoms. The lowest BCUT2D eigenvalue weighted by Crippen LogP contribution is -2.31. The van der Waals surface area contributed by atoms with Gasteiger partial charge in [0.05, 0.1) is 12.7 Å². The number of esters is 1. The van der Waals surface area contributed by atoms with Gasteiger partial charge in [0, 0.05) is 10.2 Å². The van der Waals surface area contributed by atoms with Crippen LogP contribution in [0.5, 0.6) is 5.75 Å². The van der Waals surface area contributed by atoms with Gasteiger partial charge >= 0.3 is 5.97 Å². The van der Waals surface area contributed by atoms with Crippen molar-refractivity contribution in [1.29, 1.82) is 0 Å². The van der Waals surface area contributed by atoms with E-state index in [2.05, 4.69) is 22.6 Å². The molecule has 0 N–H and O–H groups in total. The summed E-state index contributed by atoms with van der Waals surface area (Å²) >= 11 is 2.20. The van der Waals surface area contributed by atoms with Crippen molar-refractivity contribution in [2.45, 2.75) is 38.4 Å². The molecular formula is C15H19IO4. The van der Waals surface area contributed by atoms with E-state index in [0.29, 0.717) is 12.4 Å². The Morgan fingerprint density at radius 3 is 2.80 bits per heavy atom. The van der Waals surface area contributed by atoms with Gasteiger partial charge in [0.2, 0.25) is 0 Å². The maximum atomic E-state index is 11.9. The van der Waals surface area contributed by atoms with Crippen LogP contribution >= 0.6 is 22.6 Å². The first-order chi connectivity index (χ1) is 9.65. The quantitative estimate of drug-likeness (QED) is 0.440. The van der Waals surface area contributed by atoms with Crippen molar-refractivity contribution in [1.82, 2.24) is 0 Å². The molecule has 2 unspecified atom stereocenters. The van der Waals surface area contributed by atoms with Crippen LogP contribution in [0.1, 0.15) is 26.2 Å². The zero-order valence-electron chi connectivity index (χ0n) is 11.5. The zero-order chi connectivity index (χ0) is 14.4. The second-order valence-electron chi connectivity index (χ2n) is 4.84. The van der Waals surface area contributed by atoms with Gasteiger partial charge in [0.1, 0.15) is 5.75 Å². The molecule has 0 aliphatic carbocycles. The van der Waals surface area contributed by atoms with Gasteiger partial charge in [0.15, 0.2) is 6.10 Å². The molecular weight excluding hydrogens is 371 g/mol. The molecule has 1 aromatic carbocycles. The Labute approximate surface area is 132 Å². The summed E-state index contributed by atoms with van der Waals surface area (Å²) in [5, 5.41) is 0. The minimum Gasteiger partial charge on any atom is -0.425 e. The third-order valence-corrected chi connectivity index (χ3v) is 3.89. The van der Waals surface area contributed by atoms with E-state index in [4.69, 9.17) is 14.2 Å². The molecule has 1 saturated heterocycles. The first-order valence-electron chi connectivity index (χ1n) is 6.85. The van der Waals surface area contributed by atoms with Crippen LogP contribution in [0.15, 0.2) is 24.3 Å². The summed E-state index contributed by atoms with van der Waals surface area (Å²) in [5.74, 6) is 0.168. The average Bonchev–Trinajstić information content (AvgIpc) is 2.48. The molecule has 0 saturated carbocycles. The topological polar surface area (TPSA) is 44.8 Å². The molecule has 5 heteroatoms. The highest BCUT2D eigenvalue weighted by atomic mass is 127. The van der Waals surface area contributed by atoms with E-state index in [1.165, 1.54) is 0 Å². The molecule has 1 heterocycles. The van der Waals surface area contributed by atoms with Crippen LogP contribution in [0.25, 0.3) is 0 Å². The van der Waals surface area contributed by atoms with Crippen molar-refractivity contribution in [3.63, 3.8) is 0 Å². The fourth-order valence-corrected chi connectivity index (χ4v) is 2.32. The van der Waals surface area contributed by atoms with Gasteiger partial charge in [-0.25, -0.2) is 4.79 Å². The summed E-state index contributed by atoms with van der Waals surface area (Å²) in [6, 6.07) is 7.34. The molecule has 2 atom stereocenters. The highest BCUT2D eigenvalue weighted by molar-refractivity contribution is 14.1. The molecule has 0 aromatic heterocycles. The van der Waals surface area contributed by atoms with E-state index >= 15 is 0 Å². The number of carbonyl (C=O) groups is 1. The Hall–Kier alpha value is -0.660. The standard InChI is InChI=1S/C15H19IO4/c1-11(19-10-14-4-2-3-9-18-14)15(17)20-13-7-5-12(16)6-8-13/h5-8,11,14H,2-4,9-10H2,1H3. The molecule has 1 fully saturated rings. The molecule has 1 aliphatic heterocycles.